The summed E-state index contributed by atoms with van der Waals surface area (Å²) in [5.74, 6) is -0.195. The topological polar surface area (TPSA) is 104 Å². The Labute approximate surface area is 110 Å². The van der Waals surface area contributed by atoms with Crippen molar-refractivity contribution in [2.24, 2.45) is 0 Å². The van der Waals surface area contributed by atoms with Crippen molar-refractivity contribution in [3.63, 3.8) is 0 Å². The molecule has 2 aromatic rings. The number of rotatable bonds is 4. The number of aromatic amines is 1. The summed E-state index contributed by atoms with van der Waals surface area (Å²) in [4.78, 5) is 17.7. The molecule has 0 saturated heterocycles. The van der Waals surface area contributed by atoms with E-state index >= 15 is 0 Å². The van der Waals surface area contributed by atoms with E-state index in [1.54, 1.807) is 25.1 Å². The maximum absolute atomic E-state index is 11.8. The number of fused-ring (bicyclic) bond motifs is 1. The summed E-state index contributed by atoms with van der Waals surface area (Å²) in [6.45, 7) is 3.38. The number of amides is 1. The SMILES string of the molecule is CCNS(=O)(=O)c1nc2ccc(NC(C)=O)cc2[nH]1. The van der Waals surface area contributed by atoms with Crippen molar-refractivity contribution in [2.45, 2.75) is 19.0 Å². The minimum absolute atomic E-state index is 0.135. The molecule has 0 unspecified atom stereocenters. The number of hydrogen-bond acceptors (Lipinski definition) is 4. The fourth-order valence-electron chi connectivity index (χ4n) is 1.65. The number of anilines is 1. The molecule has 0 atom stereocenters. The van der Waals surface area contributed by atoms with Gasteiger partial charge in [0, 0.05) is 19.2 Å². The molecule has 0 radical (unpaired) electrons. The number of carbonyl (C=O) groups excluding carboxylic acids is 1. The Hall–Kier alpha value is -1.93. The predicted molar refractivity (Wildman–Crippen MR) is 71.3 cm³/mol. The van der Waals surface area contributed by atoms with Gasteiger partial charge in [-0.3, -0.25) is 4.79 Å². The molecule has 0 aliphatic rings. The summed E-state index contributed by atoms with van der Waals surface area (Å²) in [7, 11) is -3.61. The quantitative estimate of drug-likeness (QED) is 0.772. The molecule has 3 N–H and O–H groups in total. The lowest BCUT2D eigenvalue weighted by Gasteiger charge is -2.00. The first-order valence-electron chi connectivity index (χ1n) is 5.69. The van der Waals surface area contributed by atoms with Gasteiger partial charge in [0.25, 0.3) is 10.0 Å². The predicted octanol–water partition coefficient (Wildman–Crippen LogP) is 0.819. The van der Waals surface area contributed by atoms with Crippen LogP contribution in [0, 0.1) is 0 Å². The van der Waals surface area contributed by atoms with Crippen LogP contribution in [0.4, 0.5) is 5.69 Å². The summed E-state index contributed by atoms with van der Waals surface area (Å²) < 4.78 is 25.9. The van der Waals surface area contributed by atoms with E-state index in [-0.39, 0.29) is 17.6 Å². The zero-order valence-electron chi connectivity index (χ0n) is 10.5. The highest BCUT2D eigenvalue weighted by atomic mass is 32.2. The van der Waals surface area contributed by atoms with Gasteiger partial charge in [-0.25, -0.2) is 18.1 Å². The summed E-state index contributed by atoms with van der Waals surface area (Å²) in [5, 5.41) is 2.48. The van der Waals surface area contributed by atoms with E-state index in [2.05, 4.69) is 20.0 Å². The number of H-pyrrole nitrogens is 1. The molecule has 1 aromatic heterocycles. The second kappa shape index (κ2) is 4.98. The molecule has 2 rings (SSSR count). The van der Waals surface area contributed by atoms with E-state index < -0.39 is 10.0 Å². The molecule has 0 aliphatic heterocycles. The van der Waals surface area contributed by atoms with Crippen LogP contribution in [-0.4, -0.2) is 30.8 Å². The number of nitrogens with zero attached hydrogens (tertiary/aromatic N) is 1. The van der Waals surface area contributed by atoms with Gasteiger partial charge in [0.15, 0.2) is 0 Å². The Morgan fingerprint density at radius 1 is 1.42 bits per heavy atom. The lowest BCUT2D eigenvalue weighted by molar-refractivity contribution is -0.114. The highest BCUT2D eigenvalue weighted by Crippen LogP contribution is 2.19. The number of imidazole rings is 1. The van der Waals surface area contributed by atoms with Crippen LogP contribution in [0.15, 0.2) is 23.4 Å². The van der Waals surface area contributed by atoms with E-state index in [0.717, 1.165) is 0 Å². The molecule has 7 nitrogen and oxygen atoms in total. The van der Waals surface area contributed by atoms with E-state index in [1.165, 1.54) is 6.92 Å². The number of carbonyl (C=O) groups is 1. The van der Waals surface area contributed by atoms with Crippen molar-refractivity contribution >= 4 is 32.7 Å². The van der Waals surface area contributed by atoms with Gasteiger partial charge in [-0.05, 0) is 18.2 Å². The molecule has 0 aliphatic carbocycles. The Morgan fingerprint density at radius 2 is 2.16 bits per heavy atom. The molecule has 0 spiro atoms. The van der Waals surface area contributed by atoms with E-state index in [9.17, 15) is 13.2 Å². The number of benzene rings is 1. The van der Waals surface area contributed by atoms with Crippen LogP contribution >= 0.6 is 0 Å². The zero-order valence-corrected chi connectivity index (χ0v) is 11.3. The van der Waals surface area contributed by atoms with E-state index in [0.29, 0.717) is 16.7 Å². The average molecular weight is 282 g/mol. The van der Waals surface area contributed by atoms with Crippen molar-refractivity contribution < 1.29 is 13.2 Å². The third-order valence-electron chi connectivity index (χ3n) is 2.37. The molecular formula is C11H14N4O3S. The van der Waals surface area contributed by atoms with Crippen LogP contribution in [0.3, 0.4) is 0 Å². The van der Waals surface area contributed by atoms with Crippen molar-refractivity contribution in [2.75, 3.05) is 11.9 Å². The van der Waals surface area contributed by atoms with E-state index in [4.69, 9.17) is 0 Å². The highest BCUT2D eigenvalue weighted by molar-refractivity contribution is 7.89. The monoisotopic (exact) mass is 282 g/mol. The van der Waals surface area contributed by atoms with Crippen LogP contribution in [0.1, 0.15) is 13.8 Å². The normalized spacial score (nSPS) is 11.7. The lowest BCUT2D eigenvalue weighted by Crippen LogP contribution is -2.24. The molecule has 1 aromatic carbocycles. The fraction of sp³-hybridized carbons (Fsp3) is 0.273. The molecule has 19 heavy (non-hydrogen) atoms. The molecule has 1 amide bonds. The van der Waals surface area contributed by atoms with Crippen LogP contribution in [-0.2, 0) is 14.8 Å². The van der Waals surface area contributed by atoms with Gasteiger partial charge in [0.2, 0.25) is 11.1 Å². The number of aromatic nitrogens is 2. The average Bonchev–Trinajstić information content (AvgIpc) is 2.71. The van der Waals surface area contributed by atoms with Gasteiger partial charge in [-0.1, -0.05) is 6.92 Å². The smallest absolute Gasteiger partial charge is 0.274 e. The Bertz CT molecular complexity index is 721. The first-order chi connectivity index (χ1) is 8.92. The summed E-state index contributed by atoms with van der Waals surface area (Å²) in [6.07, 6.45) is 0. The molecular weight excluding hydrogens is 268 g/mol. The largest absolute Gasteiger partial charge is 0.328 e. The van der Waals surface area contributed by atoms with Crippen LogP contribution in [0.5, 0.6) is 0 Å². The summed E-state index contributed by atoms with van der Waals surface area (Å²) in [6, 6.07) is 4.94. The lowest BCUT2D eigenvalue weighted by atomic mass is 10.3. The third-order valence-corrected chi connectivity index (χ3v) is 3.74. The summed E-state index contributed by atoms with van der Waals surface area (Å²) >= 11 is 0. The van der Waals surface area contributed by atoms with Gasteiger partial charge < -0.3 is 10.3 Å². The molecule has 0 bridgehead atoms. The van der Waals surface area contributed by atoms with Crippen molar-refractivity contribution in [1.29, 1.82) is 0 Å². The van der Waals surface area contributed by atoms with Gasteiger partial charge in [-0.2, -0.15) is 0 Å². The van der Waals surface area contributed by atoms with Crippen LogP contribution in [0.25, 0.3) is 11.0 Å². The second-order valence-electron chi connectivity index (χ2n) is 3.96. The molecule has 1 heterocycles. The third kappa shape index (κ3) is 2.91. The van der Waals surface area contributed by atoms with Crippen molar-refractivity contribution in [3.8, 4) is 0 Å². The van der Waals surface area contributed by atoms with Crippen molar-refractivity contribution in [1.82, 2.24) is 14.7 Å². The number of nitrogens with one attached hydrogen (secondary N) is 3. The van der Waals surface area contributed by atoms with Crippen molar-refractivity contribution in [3.05, 3.63) is 18.2 Å². The molecule has 102 valence electrons. The van der Waals surface area contributed by atoms with Gasteiger partial charge in [-0.15, -0.1) is 0 Å². The Kier molecular flexibility index (Phi) is 3.54. The van der Waals surface area contributed by atoms with Gasteiger partial charge >= 0.3 is 0 Å². The molecule has 0 fully saturated rings. The minimum Gasteiger partial charge on any atom is -0.328 e. The Morgan fingerprint density at radius 3 is 2.79 bits per heavy atom. The zero-order chi connectivity index (χ0) is 14.0. The number of hydrogen-bond donors (Lipinski definition) is 3. The first-order valence-corrected chi connectivity index (χ1v) is 7.17. The molecule has 0 saturated carbocycles. The standard InChI is InChI=1S/C11H14N4O3S/c1-3-12-19(17,18)11-14-9-5-4-8(13-7(2)16)6-10(9)15-11/h4-6,12H,3H2,1-2H3,(H,13,16)(H,14,15). The second-order valence-corrected chi connectivity index (χ2v) is 5.64. The highest BCUT2D eigenvalue weighted by Gasteiger charge is 2.17. The maximum Gasteiger partial charge on any atom is 0.274 e. The van der Waals surface area contributed by atoms with Gasteiger partial charge in [0.1, 0.15) is 0 Å². The maximum atomic E-state index is 11.8. The van der Waals surface area contributed by atoms with Crippen LogP contribution in [0.2, 0.25) is 0 Å². The van der Waals surface area contributed by atoms with Gasteiger partial charge in [0.05, 0.1) is 11.0 Å². The number of sulfonamides is 1. The molecule has 8 heteroatoms. The minimum atomic E-state index is -3.61. The van der Waals surface area contributed by atoms with E-state index in [1.807, 2.05) is 0 Å². The fourth-order valence-corrected chi connectivity index (χ4v) is 2.63. The first kappa shape index (κ1) is 13.5. The Balaban J connectivity index is 2.43. The van der Waals surface area contributed by atoms with Crippen LogP contribution < -0.4 is 10.0 Å². The summed E-state index contributed by atoms with van der Waals surface area (Å²) in [5.41, 5.74) is 1.64.